The zero-order valence-electron chi connectivity index (χ0n) is 4.72. The monoisotopic (exact) mass is 107 g/mol. The maximum Gasteiger partial charge on any atom is 0.129 e. The summed E-state index contributed by atoms with van der Waals surface area (Å²) in [5, 5.41) is 0. The van der Waals surface area contributed by atoms with Crippen molar-refractivity contribution in [3.05, 3.63) is 30.7 Å². The van der Waals surface area contributed by atoms with E-state index in [2.05, 4.69) is 0 Å². The van der Waals surface area contributed by atoms with Gasteiger partial charge in [0.15, 0.2) is 0 Å². The van der Waals surface area contributed by atoms with Crippen molar-refractivity contribution in [3.8, 4) is 0 Å². The largest absolute Gasteiger partial charge is 0.465 e. The summed E-state index contributed by atoms with van der Waals surface area (Å²) in [5.74, 6) is 0.755. The average Bonchev–Trinajstić information content (AvgIpc) is 2.12. The number of allylic oxidation sites excluding steroid dienone is 1. The molecule has 0 bridgehead atoms. The molecular formula is C7H7O. The fourth-order valence-electron chi connectivity index (χ4n) is 0.503. The minimum absolute atomic E-state index is 0.718. The van der Waals surface area contributed by atoms with Crippen molar-refractivity contribution in [1.29, 1.82) is 0 Å². The van der Waals surface area contributed by atoms with Crippen LogP contribution in [0.5, 0.6) is 0 Å². The van der Waals surface area contributed by atoms with Gasteiger partial charge in [-0.3, -0.25) is 0 Å². The van der Waals surface area contributed by atoms with Crippen molar-refractivity contribution in [1.82, 2.24) is 0 Å². The Balaban J connectivity index is 2.93. The van der Waals surface area contributed by atoms with Gasteiger partial charge in [0.2, 0.25) is 0 Å². The average molecular weight is 107 g/mol. The standard InChI is InChI=1S/C7H7O/c1-6(2)7-4-3-5-8-7/h1,3-5H,2H3. The highest BCUT2D eigenvalue weighted by Gasteiger charge is 1.91. The third-order valence-electron chi connectivity index (χ3n) is 0.910. The van der Waals surface area contributed by atoms with Crippen LogP contribution in [0.25, 0.3) is 5.57 Å². The highest BCUT2D eigenvalue weighted by atomic mass is 16.3. The van der Waals surface area contributed by atoms with Crippen LogP contribution in [0.3, 0.4) is 0 Å². The van der Waals surface area contributed by atoms with Gasteiger partial charge < -0.3 is 4.42 Å². The topological polar surface area (TPSA) is 13.1 Å². The number of rotatable bonds is 1. The van der Waals surface area contributed by atoms with E-state index in [-0.39, 0.29) is 0 Å². The molecule has 0 saturated carbocycles. The van der Waals surface area contributed by atoms with Crippen LogP contribution in [-0.2, 0) is 0 Å². The Morgan fingerprint density at radius 3 is 2.75 bits per heavy atom. The Bertz CT molecular complexity index is 172. The maximum atomic E-state index is 5.38. The maximum absolute atomic E-state index is 5.38. The molecule has 0 spiro atoms. The summed E-state index contributed by atoms with van der Waals surface area (Å²) in [5.41, 5.74) is 0.718. The molecule has 1 heterocycles. The van der Waals surface area contributed by atoms with Crippen molar-refractivity contribution >= 4 is 5.57 Å². The Morgan fingerprint density at radius 2 is 2.50 bits per heavy atom. The highest BCUT2D eigenvalue weighted by Crippen LogP contribution is 2.09. The first-order valence-electron chi connectivity index (χ1n) is 2.43. The van der Waals surface area contributed by atoms with Gasteiger partial charge in [0, 0.05) is 0 Å². The fourth-order valence-corrected chi connectivity index (χ4v) is 0.503. The van der Waals surface area contributed by atoms with E-state index in [1.807, 2.05) is 12.1 Å². The van der Waals surface area contributed by atoms with Crippen LogP contribution in [0.4, 0.5) is 0 Å². The molecule has 8 heavy (non-hydrogen) atoms. The molecule has 41 valence electrons. The number of furan rings is 1. The van der Waals surface area contributed by atoms with Gasteiger partial charge in [0.1, 0.15) is 5.76 Å². The van der Waals surface area contributed by atoms with Crippen molar-refractivity contribution in [3.63, 3.8) is 0 Å². The minimum Gasteiger partial charge on any atom is -0.465 e. The molecule has 0 atom stereocenters. The van der Waals surface area contributed by atoms with Gasteiger partial charge in [-0.1, -0.05) is 6.58 Å². The minimum atomic E-state index is 0.718. The summed E-state index contributed by atoms with van der Waals surface area (Å²) in [7, 11) is 0. The smallest absolute Gasteiger partial charge is 0.129 e. The molecule has 0 unspecified atom stereocenters. The molecular weight excluding hydrogens is 100 g/mol. The summed E-state index contributed by atoms with van der Waals surface area (Å²) in [6.45, 7) is 7.19. The summed E-state index contributed by atoms with van der Waals surface area (Å²) in [4.78, 5) is 0. The van der Waals surface area contributed by atoms with Crippen molar-refractivity contribution in [2.24, 2.45) is 0 Å². The van der Waals surface area contributed by atoms with E-state index in [1.165, 1.54) is 0 Å². The second-order valence-electron chi connectivity index (χ2n) is 1.66. The van der Waals surface area contributed by atoms with Gasteiger partial charge in [0.25, 0.3) is 0 Å². The molecule has 1 rings (SSSR count). The van der Waals surface area contributed by atoms with Crippen LogP contribution >= 0.6 is 0 Å². The Hall–Kier alpha value is -0.980. The molecule has 0 fully saturated rings. The lowest BCUT2D eigenvalue weighted by Gasteiger charge is -1.86. The van der Waals surface area contributed by atoms with Crippen LogP contribution < -0.4 is 0 Å². The molecule has 1 heteroatoms. The van der Waals surface area contributed by atoms with Crippen LogP contribution in [0.15, 0.2) is 22.8 Å². The van der Waals surface area contributed by atoms with E-state index in [0.29, 0.717) is 0 Å². The molecule has 0 aliphatic rings. The zero-order valence-corrected chi connectivity index (χ0v) is 4.72. The SMILES string of the molecule is [CH]=C(C)c1ccco1. The Kier molecular flexibility index (Phi) is 1.20. The van der Waals surface area contributed by atoms with Crippen LogP contribution in [0.2, 0.25) is 0 Å². The quantitative estimate of drug-likeness (QED) is 0.535. The summed E-state index contributed by atoms with van der Waals surface area (Å²) in [6, 6.07) is 3.64. The lowest BCUT2D eigenvalue weighted by atomic mass is 10.3. The highest BCUT2D eigenvalue weighted by molar-refractivity contribution is 5.54. The molecule has 0 saturated heterocycles. The van der Waals surface area contributed by atoms with E-state index in [0.717, 1.165) is 11.3 Å². The van der Waals surface area contributed by atoms with Crippen molar-refractivity contribution in [2.75, 3.05) is 0 Å². The van der Waals surface area contributed by atoms with Crippen molar-refractivity contribution in [2.45, 2.75) is 6.92 Å². The molecule has 0 aliphatic heterocycles. The second-order valence-corrected chi connectivity index (χ2v) is 1.66. The number of hydrogen-bond acceptors (Lipinski definition) is 1. The third kappa shape index (κ3) is 0.808. The predicted octanol–water partition coefficient (Wildman–Crippen LogP) is 2.12. The lowest BCUT2D eigenvalue weighted by molar-refractivity contribution is 0.553. The van der Waals surface area contributed by atoms with E-state index < -0.39 is 0 Å². The lowest BCUT2D eigenvalue weighted by Crippen LogP contribution is -1.65. The fraction of sp³-hybridized carbons (Fsp3) is 0.143. The molecule has 0 aromatic carbocycles. The molecule has 0 aliphatic carbocycles. The van der Waals surface area contributed by atoms with Gasteiger partial charge in [-0.25, -0.2) is 0 Å². The number of hydrogen-bond donors (Lipinski definition) is 0. The second kappa shape index (κ2) is 1.86. The normalized spacial score (nSPS) is 9.12. The third-order valence-corrected chi connectivity index (χ3v) is 0.910. The molecule has 1 aromatic heterocycles. The molecule has 0 amide bonds. The van der Waals surface area contributed by atoms with Gasteiger partial charge in [-0.05, 0) is 24.6 Å². The van der Waals surface area contributed by atoms with Gasteiger partial charge in [-0.2, -0.15) is 0 Å². The van der Waals surface area contributed by atoms with E-state index in [1.54, 1.807) is 13.2 Å². The predicted molar refractivity (Wildman–Crippen MR) is 32.1 cm³/mol. The molecule has 1 nitrogen and oxygen atoms in total. The van der Waals surface area contributed by atoms with Crippen LogP contribution in [0.1, 0.15) is 12.7 Å². The molecule has 1 aromatic rings. The molecule has 1 radical (unpaired) electrons. The van der Waals surface area contributed by atoms with Gasteiger partial charge in [0.05, 0.1) is 6.26 Å². The van der Waals surface area contributed by atoms with Crippen molar-refractivity contribution < 1.29 is 4.42 Å². The summed E-state index contributed by atoms with van der Waals surface area (Å²) in [6.07, 6.45) is 1.60. The zero-order chi connectivity index (χ0) is 5.98. The van der Waals surface area contributed by atoms with Crippen LogP contribution in [0, 0.1) is 6.58 Å². The first-order valence-corrected chi connectivity index (χ1v) is 2.43. The summed E-state index contributed by atoms with van der Waals surface area (Å²) >= 11 is 0. The molecule has 0 N–H and O–H groups in total. The Morgan fingerprint density at radius 1 is 1.75 bits per heavy atom. The van der Waals surface area contributed by atoms with Gasteiger partial charge >= 0.3 is 0 Å². The van der Waals surface area contributed by atoms with E-state index >= 15 is 0 Å². The van der Waals surface area contributed by atoms with E-state index in [9.17, 15) is 0 Å². The van der Waals surface area contributed by atoms with Gasteiger partial charge in [-0.15, -0.1) is 0 Å². The summed E-state index contributed by atoms with van der Waals surface area (Å²) < 4.78 is 4.93. The first-order chi connectivity index (χ1) is 3.80. The van der Waals surface area contributed by atoms with E-state index in [4.69, 9.17) is 11.0 Å². The Labute approximate surface area is 48.6 Å². The first kappa shape index (κ1) is 5.16. The van der Waals surface area contributed by atoms with Crippen LogP contribution in [-0.4, -0.2) is 0 Å².